The number of hydrogen-bond acceptors (Lipinski definition) is 4. The molecular formula is C23H36O5P+. The zero-order valence-electron chi connectivity index (χ0n) is 18.7. The fourth-order valence-corrected chi connectivity index (χ4v) is 3.47. The van der Waals surface area contributed by atoms with Crippen LogP contribution in [0.2, 0.25) is 0 Å². The van der Waals surface area contributed by atoms with Gasteiger partial charge in [0.1, 0.15) is 5.75 Å². The third-order valence-corrected chi connectivity index (χ3v) is 5.26. The predicted molar refractivity (Wildman–Crippen MR) is 119 cm³/mol. The van der Waals surface area contributed by atoms with Crippen molar-refractivity contribution in [2.24, 2.45) is 0 Å². The SMILES string of the molecule is CCCC.COc1c(C(C)(C)C)cc(/C=C/C(=O)CO[P+](=O)O)c2c1CCCC2. The van der Waals surface area contributed by atoms with E-state index >= 15 is 0 Å². The Balaban J connectivity index is 0.000000960. The van der Waals surface area contributed by atoms with E-state index in [0.717, 1.165) is 42.6 Å². The summed E-state index contributed by atoms with van der Waals surface area (Å²) in [4.78, 5) is 20.4. The number of methoxy groups -OCH3 is 1. The van der Waals surface area contributed by atoms with Crippen molar-refractivity contribution in [3.05, 3.63) is 34.4 Å². The maximum absolute atomic E-state index is 11.8. The lowest BCUT2D eigenvalue weighted by molar-refractivity contribution is -0.116. The number of ether oxygens (including phenoxy) is 1. The molecule has 0 saturated heterocycles. The molecule has 0 saturated carbocycles. The van der Waals surface area contributed by atoms with Gasteiger partial charge < -0.3 is 4.74 Å². The van der Waals surface area contributed by atoms with Gasteiger partial charge in [0.05, 0.1) is 7.11 Å². The Bertz CT molecular complexity index is 730. The van der Waals surface area contributed by atoms with Crippen LogP contribution in [0.25, 0.3) is 6.08 Å². The van der Waals surface area contributed by atoms with E-state index in [2.05, 4.69) is 45.2 Å². The van der Waals surface area contributed by atoms with Gasteiger partial charge >= 0.3 is 8.25 Å². The lowest BCUT2D eigenvalue weighted by atomic mass is 9.78. The molecule has 1 N–H and O–H groups in total. The molecule has 0 aliphatic heterocycles. The molecule has 2 rings (SSSR count). The Morgan fingerprint density at radius 1 is 1.17 bits per heavy atom. The van der Waals surface area contributed by atoms with Crippen LogP contribution in [-0.2, 0) is 32.1 Å². The fourth-order valence-electron chi connectivity index (χ4n) is 3.23. The summed E-state index contributed by atoms with van der Waals surface area (Å²) in [6, 6.07) is 2.10. The van der Waals surface area contributed by atoms with E-state index < -0.39 is 14.9 Å². The van der Waals surface area contributed by atoms with Crippen molar-refractivity contribution in [2.45, 2.75) is 78.6 Å². The number of ketones is 1. The van der Waals surface area contributed by atoms with E-state index in [0.29, 0.717) is 0 Å². The van der Waals surface area contributed by atoms with Gasteiger partial charge in [-0.15, -0.1) is 9.42 Å². The summed E-state index contributed by atoms with van der Waals surface area (Å²) in [7, 11) is -1.04. The third kappa shape index (κ3) is 8.00. The third-order valence-electron chi connectivity index (χ3n) is 4.91. The second-order valence-corrected chi connectivity index (χ2v) is 9.01. The number of fused-ring (bicyclic) bond motifs is 1. The summed E-state index contributed by atoms with van der Waals surface area (Å²) in [5.74, 6) is 0.626. The van der Waals surface area contributed by atoms with Gasteiger partial charge in [0, 0.05) is 10.1 Å². The van der Waals surface area contributed by atoms with E-state index in [1.54, 1.807) is 13.2 Å². The lowest BCUT2D eigenvalue weighted by Crippen LogP contribution is -2.17. The van der Waals surface area contributed by atoms with Crippen molar-refractivity contribution in [1.29, 1.82) is 0 Å². The average molecular weight is 424 g/mol. The van der Waals surface area contributed by atoms with Gasteiger partial charge in [-0.2, -0.15) is 0 Å². The van der Waals surface area contributed by atoms with Crippen molar-refractivity contribution in [1.82, 2.24) is 0 Å². The van der Waals surface area contributed by atoms with Gasteiger partial charge in [0.25, 0.3) is 0 Å². The molecule has 0 bridgehead atoms. The van der Waals surface area contributed by atoms with Crippen LogP contribution in [0.1, 0.15) is 82.6 Å². The molecule has 6 heteroatoms. The normalized spacial score (nSPS) is 14.1. The van der Waals surface area contributed by atoms with Crippen LogP contribution in [0.4, 0.5) is 0 Å². The fraction of sp³-hybridized carbons (Fsp3) is 0.609. The van der Waals surface area contributed by atoms with Crippen molar-refractivity contribution in [3.8, 4) is 5.75 Å². The number of unbranched alkanes of at least 4 members (excludes halogenated alkanes) is 1. The summed E-state index contributed by atoms with van der Waals surface area (Å²) in [5.41, 5.74) is 4.53. The minimum atomic E-state index is -2.75. The maximum Gasteiger partial charge on any atom is 0.695 e. The largest absolute Gasteiger partial charge is 0.695 e. The monoisotopic (exact) mass is 423 g/mol. The van der Waals surface area contributed by atoms with E-state index in [4.69, 9.17) is 9.63 Å². The highest BCUT2D eigenvalue weighted by atomic mass is 31.1. The van der Waals surface area contributed by atoms with Crippen LogP contribution in [0, 0.1) is 0 Å². The summed E-state index contributed by atoms with van der Waals surface area (Å²) in [5, 5.41) is 0. The summed E-state index contributed by atoms with van der Waals surface area (Å²) in [6.07, 6.45) is 10.0. The standard InChI is InChI=1S/C19H25O5P.C4H10/c1-19(2,3)17-11-13(9-10-14(20)12-24-25(21)22)15-7-5-6-8-16(15)18(17)23-4;1-3-4-2/h9-11H,5-8,12H2,1-4H3;3-4H2,1-2H3/p+1/b10-9+;. The number of hydrogen-bond donors (Lipinski definition) is 1. The minimum absolute atomic E-state index is 0.0805. The Kier molecular flexibility index (Phi) is 10.7. The second-order valence-electron chi connectivity index (χ2n) is 8.27. The van der Waals surface area contributed by atoms with Gasteiger partial charge in [-0.25, -0.2) is 0 Å². The zero-order chi connectivity index (χ0) is 22.0. The van der Waals surface area contributed by atoms with E-state index in [9.17, 15) is 9.36 Å². The van der Waals surface area contributed by atoms with Crippen LogP contribution in [0.5, 0.6) is 5.75 Å². The molecule has 0 radical (unpaired) electrons. The average Bonchev–Trinajstić information content (AvgIpc) is 2.69. The lowest BCUT2D eigenvalue weighted by Gasteiger charge is -2.29. The summed E-state index contributed by atoms with van der Waals surface area (Å²) < 4.78 is 20.7. The molecule has 1 aliphatic rings. The molecule has 0 aromatic heterocycles. The Morgan fingerprint density at radius 2 is 1.76 bits per heavy atom. The number of rotatable bonds is 7. The predicted octanol–water partition coefficient (Wildman–Crippen LogP) is 5.93. The maximum atomic E-state index is 11.8. The van der Waals surface area contributed by atoms with Crippen molar-refractivity contribution in [2.75, 3.05) is 13.7 Å². The molecule has 1 atom stereocenters. The van der Waals surface area contributed by atoms with Crippen molar-refractivity contribution < 1.29 is 23.5 Å². The molecule has 1 aromatic carbocycles. The molecule has 162 valence electrons. The zero-order valence-corrected chi connectivity index (χ0v) is 19.6. The highest BCUT2D eigenvalue weighted by molar-refractivity contribution is 7.32. The van der Waals surface area contributed by atoms with Gasteiger partial charge in [0.2, 0.25) is 0 Å². The Labute approximate surface area is 176 Å². The van der Waals surface area contributed by atoms with Crippen molar-refractivity contribution in [3.63, 3.8) is 0 Å². The molecule has 1 unspecified atom stereocenters. The Hall–Kier alpha value is -1.55. The van der Waals surface area contributed by atoms with Crippen LogP contribution < -0.4 is 4.74 Å². The molecule has 29 heavy (non-hydrogen) atoms. The van der Waals surface area contributed by atoms with E-state index in [1.165, 1.54) is 30.0 Å². The molecule has 1 aromatic rings. The van der Waals surface area contributed by atoms with Crippen LogP contribution in [0.3, 0.4) is 0 Å². The topological polar surface area (TPSA) is 72.8 Å². The number of benzene rings is 1. The first kappa shape index (κ1) is 25.5. The molecule has 0 fully saturated rings. The van der Waals surface area contributed by atoms with Crippen LogP contribution in [-0.4, -0.2) is 24.4 Å². The Morgan fingerprint density at radius 3 is 2.24 bits per heavy atom. The first-order valence-electron chi connectivity index (χ1n) is 10.4. The van der Waals surface area contributed by atoms with Gasteiger partial charge in [-0.1, -0.05) is 53.5 Å². The summed E-state index contributed by atoms with van der Waals surface area (Å²) >= 11 is 0. The molecule has 1 aliphatic carbocycles. The molecule has 5 nitrogen and oxygen atoms in total. The highest BCUT2D eigenvalue weighted by Gasteiger charge is 2.26. The van der Waals surface area contributed by atoms with Crippen molar-refractivity contribution >= 4 is 20.1 Å². The number of carbonyl (C=O) groups is 1. The second kappa shape index (κ2) is 12.2. The van der Waals surface area contributed by atoms with E-state index in [1.807, 2.05) is 0 Å². The van der Waals surface area contributed by atoms with Gasteiger partial charge in [0.15, 0.2) is 12.4 Å². The first-order chi connectivity index (χ1) is 13.6. The van der Waals surface area contributed by atoms with Crippen LogP contribution >= 0.6 is 8.25 Å². The van der Waals surface area contributed by atoms with Crippen LogP contribution in [0.15, 0.2) is 12.1 Å². The quantitative estimate of drug-likeness (QED) is 0.435. The van der Waals surface area contributed by atoms with E-state index in [-0.39, 0.29) is 11.2 Å². The first-order valence-corrected chi connectivity index (χ1v) is 11.5. The molecular weight excluding hydrogens is 387 g/mol. The smallest absolute Gasteiger partial charge is 0.496 e. The van der Waals surface area contributed by atoms with Gasteiger partial charge in [-0.05, 0) is 59.9 Å². The summed E-state index contributed by atoms with van der Waals surface area (Å²) in [6.45, 7) is 10.4. The highest BCUT2D eigenvalue weighted by Crippen LogP contribution is 2.41. The molecule has 0 spiro atoms. The van der Waals surface area contributed by atoms with Gasteiger partial charge in [-0.3, -0.25) is 4.79 Å². The minimum Gasteiger partial charge on any atom is -0.496 e. The number of carbonyl (C=O) groups excluding carboxylic acids is 1. The molecule has 0 amide bonds. The molecule has 0 heterocycles.